The molecule has 0 saturated carbocycles. The van der Waals surface area contributed by atoms with Crippen LogP contribution in [0.4, 0.5) is 17.1 Å². The zero-order valence-electron chi connectivity index (χ0n) is 17.9. The van der Waals surface area contributed by atoms with Crippen molar-refractivity contribution in [2.45, 2.75) is 20.3 Å². The largest absolute Gasteiger partial charge is 0.494 e. The molecule has 10 nitrogen and oxygen atoms in total. The van der Waals surface area contributed by atoms with Gasteiger partial charge >= 0.3 is 5.97 Å². The lowest BCUT2D eigenvalue weighted by Crippen LogP contribution is -2.28. The summed E-state index contributed by atoms with van der Waals surface area (Å²) in [5.74, 6) is -2.12. The van der Waals surface area contributed by atoms with Gasteiger partial charge in [0.25, 0.3) is 11.6 Å². The van der Waals surface area contributed by atoms with Crippen LogP contribution in [0.25, 0.3) is 0 Å². The third-order valence-corrected chi connectivity index (χ3v) is 5.14. The Morgan fingerprint density at radius 2 is 1.97 bits per heavy atom. The van der Waals surface area contributed by atoms with Crippen LogP contribution in [-0.4, -0.2) is 43.0 Å². The normalized spacial score (nSPS) is 15.4. The van der Waals surface area contributed by atoms with Crippen LogP contribution in [0.1, 0.15) is 17.5 Å². The zero-order valence-corrected chi connectivity index (χ0v) is 17.9. The molecule has 0 bridgehead atoms. The van der Waals surface area contributed by atoms with Crippen molar-refractivity contribution in [1.29, 1.82) is 0 Å². The molecule has 1 aliphatic rings. The Labute approximate surface area is 184 Å². The molecule has 3 rings (SSSR count). The standard InChI is InChI=1S/C22H23N3O7/c1-13-4-5-14(2)17(8-13)23-20(26)12-32-22(28)15-9-21(27)24(11-15)18-7-6-16(25(29)30)10-19(18)31-3/h4-8,10,15H,9,11-12H2,1-3H3,(H,23,26)/t15-/m1/s1. The van der Waals surface area contributed by atoms with Gasteiger partial charge in [-0.3, -0.25) is 24.5 Å². The van der Waals surface area contributed by atoms with E-state index in [1.54, 1.807) is 0 Å². The number of nitro benzene ring substituents is 1. The van der Waals surface area contributed by atoms with E-state index in [0.717, 1.165) is 11.1 Å². The number of carbonyl (C=O) groups is 3. The van der Waals surface area contributed by atoms with Gasteiger partial charge in [-0.25, -0.2) is 0 Å². The molecule has 0 aliphatic carbocycles. The number of benzene rings is 2. The number of ether oxygens (including phenoxy) is 2. The summed E-state index contributed by atoms with van der Waals surface area (Å²) < 4.78 is 10.3. The van der Waals surface area contributed by atoms with E-state index < -0.39 is 29.3 Å². The van der Waals surface area contributed by atoms with Crippen LogP contribution >= 0.6 is 0 Å². The number of aryl methyl sites for hydroxylation is 2. The Hall–Kier alpha value is -3.95. The summed E-state index contributed by atoms with van der Waals surface area (Å²) in [7, 11) is 1.34. The number of nitrogens with zero attached hydrogens (tertiary/aromatic N) is 2. The first-order valence-electron chi connectivity index (χ1n) is 9.86. The van der Waals surface area contributed by atoms with E-state index in [9.17, 15) is 24.5 Å². The molecule has 0 radical (unpaired) electrons. The van der Waals surface area contributed by atoms with E-state index in [1.165, 1.54) is 30.2 Å². The molecule has 10 heteroatoms. The fourth-order valence-corrected chi connectivity index (χ4v) is 3.41. The van der Waals surface area contributed by atoms with Gasteiger partial charge in [0.05, 0.1) is 29.7 Å². The van der Waals surface area contributed by atoms with Crippen molar-refractivity contribution >= 4 is 34.8 Å². The highest BCUT2D eigenvalue weighted by atomic mass is 16.6. The van der Waals surface area contributed by atoms with Gasteiger partial charge in [-0.2, -0.15) is 0 Å². The number of hydrogen-bond donors (Lipinski definition) is 1. The molecule has 2 aromatic rings. The SMILES string of the molecule is COc1cc([N+](=O)[O-])ccc1N1C[C@H](C(=O)OCC(=O)Nc2cc(C)ccc2C)CC1=O. The van der Waals surface area contributed by atoms with E-state index in [0.29, 0.717) is 11.4 Å². The molecule has 1 aliphatic heterocycles. The quantitative estimate of drug-likeness (QED) is 0.397. The number of hydrogen-bond acceptors (Lipinski definition) is 7. The summed E-state index contributed by atoms with van der Waals surface area (Å²) in [6.07, 6.45) is -0.0996. The summed E-state index contributed by atoms with van der Waals surface area (Å²) in [4.78, 5) is 48.8. The number of rotatable bonds is 7. The Kier molecular flexibility index (Phi) is 6.72. The third-order valence-electron chi connectivity index (χ3n) is 5.14. The third kappa shape index (κ3) is 5.02. The summed E-state index contributed by atoms with van der Waals surface area (Å²) in [6, 6.07) is 9.50. The minimum absolute atomic E-state index is 0.0183. The van der Waals surface area contributed by atoms with E-state index in [-0.39, 0.29) is 30.3 Å². The fraction of sp³-hybridized carbons (Fsp3) is 0.318. The van der Waals surface area contributed by atoms with Gasteiger partial charge in [0.1, 0.15) is 5.75 Å². The second-order valence-corrected chi connectivity index (χ2v) is 7.49. The first-order chi connectivity index (χ1) is 15.2. The Balaban J connectivity index is 1.61. The van der Waals surface area contributed by atoms with Crippen molar-refractivity contribution in [2.24, 2.45) is 5.92 Å². The molecule has 0 aromatic heterocycles. The Bertz CT molecular complexity index is 1080. The first kappa shape index (κ1) is 22.7. The number of non-ortho nitro benzene ring substituents is 1. The maximum Gasteiger partial charge on any atom is 0.311 e. The average Bonchev–Trinajstić information content (AvgIpc) is 3.15. The fourth-order valence-electron chi connectivity index (χ4n) is 3.41. The van der Waals surface area contributed by atoms with Gasteiger partial charge in [-0.05, 0) is 37.1 Å². The van der Waals surface area contributed by atoms with Crippen molar-refractivity contribution < 1.29 is 28.8 Å². The molecule has 2 amide bonds. The van der Waals surface area contributed by atoms with E-state index in [2.05, 4.69) is 5.32 Å². The number of methoxy groups -OCH3 is 1. The van der Waals surface area contributed by atoms with E-state index >= 15 is 0 Å². The number of amides is 2. The van der Waals surface area contributed by atoms with Gasteiger partial charge in [0.15, 0.2) is 6.61 Å². The van der Waals surface area contributed by atoms with Crippen LogP contribution in [0.5, 0.6) is 5.75 Å². The highest BCUT2D eigenvalue weighted by molar-refractivity contribution is 6.01. The second kappa shape index (κ2) is 9.46. The van der Waals surface area contributed by atoms with Crippen LogP contribution in [0, 0.1) is 29.9 Å². The van der Waals surface area contributed by atoms with Crippen molar-refractivity contribution in [2.75, 3.05) is 30.5 Å². The van der Waals surface area contributed by atoms with Gasteiger partial charge in [0.2, 0.25) is 5.91 Å². The van der Waals surface area contributed by atoms with Crippen LogP contribution in [-0.2, 0) is 19.1 Å². The molecule has 1 fully saturated rings. The molecule has 0 unspecified atom stereocenters. The zero-order chi connectivity index (χ0) is 23.4. The molecule has 1 N–H and O–H groups in total. The average molecular weight is 441 g/mol. The molecular formula is C22H23N3O7. The van der Waals surface area contributed by atoms with Crippen molar-refractivity contribution in [3.63, 3.8) is 0 Å². The minimum atomic E-state index is -0.768. The molecule has 1 atom stereocenters. The molecule has 2 aromatic carbocycles. The number of esters is 1. The van der Waals surface area contributed by atoms with Gasteiger partial charge in [0, 0.05) is 24.7 Å². The monoisotopic (exact) mass is 441 g/mol. The van der Waals surface area contributed by atoms with Gasteiger partial charge in [-0.1, -0.05) is 12.1 Å². The Morgan fingerprint density at radius 1 is 1.22 bits per heavy atom. The molecule has 168 valence electrons. The lowest BCUT2D eigenvalue weighted by molar-refractivity contribution is -0.384. The van der Waals surface area contributed by atoms with Gasteiger partial charge in [-0.15, -0.1) is 0 Å². The molecule has 32 heavy (non-hydrogen) atoms. The van der Waals surface area contributed by atoms with Crippen molar-refractivity contribution in [1.82, 2.24) is 0 Å². The lowest BCUT2D eigenvalue weighted by Gasteiger charge is -2.19. The van der Waals surface area contributed by atoms with Crippen LogP contribution < -0.4 is 15.0 Å². The number of carbonyl (C=O) groups excluding carboxylic acids is 3. The molecule has 1 heterocycles. The van der Waals surface area contributed by atoms with Crippen molar-refractivity contribution in [3.05, 3.63) is 57.6 Å². The highest BCUT2D eigenvalue weighted by Crippen LogP contribution is 2.36. The maximum absolute atomic E-state index is 12.5. The summed E-state index contributed by atoms with van der Waals surface area (Å²) in [6.45, 7) is 3.30. The Morgan fingerprint density at radius 3 is 2.66 bits per heavy atom. The van der Waals surface area contributed by atoms with Crippen LogP contribution in [0.2, 0.25) is 0 Å². The smallest absolute Gasteiger partial charge is 0.311 e. The van der Waals surface area contributed by atoms with E-state index in [1.807, 2.05) is 32.0 Å². The molecular weight excluding hydrogens is 418 g/mol. The summed E-state index contributed by atoms with van der Waals surface area (Å²) in [5.41, 5.74) is 2.64. The molecule has 0 spiro atoms. The highest BCUT2D eigenvalue weighted by Gasteiger charge is 2.37. The predicted octanol–water partition coefficient (Wildman–Crippen LogP) is 2.76. The number of anilines is 2. The number of nitrogens with one attached hydrogen (secondary N) is 1. The minimum Gasteiger partial charge on any atom is -0.494 e. The molecule has 1 saturated heterocycles. The number of nitro groups is 1. The summed E-state index contributed by atoms with van der Waals surface area (Å²) in [5, 5.41) is 13.7. The van der Waals surface area contributed by atoms with Crippen LogP contribution in [0.15, 0.2) is 36.4 Å². The summed E-state index contributed by atoms with van der Waals surface area (Å²) >= 11 is 0. The topological polar surface area (TPSA) is 128 Å². The van der Waals surface area contributed by atoms with Crippen LogP contribution in [0.3, 0.4) is 0 Å². The predicted molar refractivity (Wildman–Crippen MR) is 116 cm³/mol. The van der Waals surface area contributed by atoms with Gasteiger partial charge < -0.3 is 19.7 Å². The lowest BCUT2D eigenvalue weighted by atomic mass is 10.1. The first-order valence-corrected chi connectivity index (χ1v) is 9.86. The second-order valence-electron chi connectivity index (χ2n) is 7.49. The maximum atomic E-state index is 12.5. The van der Waals surface area contributed by atoms with Crippen molar-refractivity contribution in [3.8, 4) is 5.75 Å². The van der Waals surface area contributed by atoms with E-state index in [4.69, 9.17) is 9.47 Å².